The maximum Gasteiger partial charge on any atom is 0.0859 e. The molecular formula is C18H29B2N3O. The zero-order chi connectivity index (χ0) is 18.0. The number of fused-ring (bicyclic) bond motifs is 2. The zero-order valence-corrected chi connectivity index (χ0v) is 16.0. The van der Waals surface area contributed by atoms with Gasteiger partial charge in [0.25, 0.3) is 0 Å². The molecule has 0 N–H and O–H groups in total. The summed E-state index contributed by atoms with van der Waals surface area (Å²) in [5.41, 5.74) is 2.07. The van der Waals surface area contributed by atoms with Gasteiger partial charge in [0.05, 0.1) is 38.2 Å². The number of aryl methyl sites for hydroxylation is 1. The number of ether oxygens (including phenoxy) is 1. The molecule has 4 nitrogen and oxygen atoms in total. The Bertz CT molecular complexity index is 631. The fraction of sp³-hybridized carbons (Fsp3) is 0.889. The van der Waals surface area contributed by atoms with Gasteiger partial charge < -0.3 is 4.74 Å². The second kappa shape index (κ2) is 5.36. The summed E-state index contributed by atoms with van der Waals surface area (Å²) in [5.74, 6) is 0.212. The van der Waals surface area contributed by atoms with Crippen molar-refractivity contribution in [3.63, 3.8) is 0 Å². The first-order valence-electron chi connectivity index (χ1n) is 9.04. The Morgan fingerprint density at radius 3 is 2.21 bits per heavy atom. The highest BCUT2D eigenvalue weighted by atomic mass is 16.5. The highest BCUT2D eigenvalue weighted by molar-refractivity contribution is 6.32. The lowest BCUT2D eigenvalue weighted by Crippen LogP contribution is -2.26. The van der Waals surface area contributed by atoms with Gasteiger partial charge in [-0.1, -0.05) is 15.8 Å². The van der Waals surface area contributed by atoms with Crippen LogP contribution in [0.2, 0.25) is 10.6 Å². The Labute approximate surface area is 148 Å². The van der Waals surface area contributed by atoms with E-state index in [9.17, 15) is 0 Å². The van der Waals surface area contributed by atoms with Crippen molar-refractivity contribution in [3.05, 3.63) is 11.4 Å². The third-order valence-corrected chi connectivity index (χ3v) is 5.74. The van der Waals surface area contributed by atoms with E-state index in [0.717, 1.165) is 31.4 Å². The predicted molar refractivity (Wildman–Crippen MR) is 97.7 cm³/mol. The average Bonchev–Trinajstić information content (AvgIpc) is 2.73. The van der Waals surface area contributed by atoms with Crippen LogP contribution in [0.15, 0.2) is 0 Å². The maximum atomic E-state index is 6.76. The lowest BCUT2D eigenvalue weighted by molar-refractivity contribution is -0.0115. The van der Waals surface area contributed by atoms with Crippen LogP contribution in [0.5, 0.6) is 0 Å². The van der Waals surface area contributed by atoms with Crippen LogP contribution in [-0.4, -0.2) is 42.9 Å². The highest BCUT2D eigenvalue weighted by Gasteiger charge is 2.68. The number of rotatable bonds is 2. The molecule has 0 bridgehead atoms. The van der Waals surface area contributed by atoms with Crippen molar-refractivity contribution in [1.82, 2.24) is 15.0 Å². The maximum absolute atomic E-state index is 6.76. The topological polar surface area (TPSA) is 39.9 Å². The van der Waals surface area contributed by atoms with E-state index < -0.39 is 0 Å². The molecule has 128 valence electrons. The zero-order valence-electron chi connectivity index (χ0n) is 16.0. The number of aromatic nitrogens is 3. The molecule has 1 saturated carbocycles. The van der Waals surface area contributed by atoms with Gasteiger partial charge in [0.2, 0.25) is 0 Å². The van der Waals surface area contributed by atoms with E-state index in [-0.39, 0.29) is 27.7 Å². The minimum atomic E-state index is -0.346. The van der Waals surface area contributed by atoms with Gasteiger partial charge in [0, 0.05) is 6.61 Å². The molecule has 1 heterocycles. The van der Waals surface area contributed by atoms with Crippen LogP contribution in [0, 0.1) is 5.92 Å². The molecular weight excluding hydrogens is 296 g/mol. The summed E-state index contributed by atoms with van der Waals surface area (Å²) in [6, 6.07) is 0. The van der Waals surface area contributed by atoms with Crippen LogP contribution < -0.4 is 0 Å². The molecule has 3 atom stereocenters. The molecule has 0 aromatic carbocycles. The summed E-state index contributed by atoms with van der Waals surface area (Å²) in [6.07, 6.45) is 3.42. The van der Waals surface area contributed by atoms with E-state index in [1.54, 1.807) is 0 Å². The molecule has 0 spiro atoms. The standard InChI is InChI=1S/C18H29B2N3O/c1-15(2,3)23-13-8-10-18(20)14(11-24-16(4,5)6)17(18,19)9-7-12(13)21-22-23/h14H,7-11H2,1-6H3/t14-,17?,18?/m0/s1. The van der Waals surface area contributed by atoms with Crippen molar-refractivity contribution < 1.29 is 4.74 Å². The van der Waals surface area contributed by atoms with Gasteiger partial charge in [0.1, 0.15) is 0 Å². The minimum absolute atomic E-state index is 0.0698. The fourth-order valence-corrected chi connectivity index (χ4v) is 4.16. The van der Waals surface area contributed by atoms with Gasteiger partial charge in [-0.25, -0.2) is 4.68 Å². The first-order chi connectivity index (χ1) is 10.9. The molecule has 4 radical (unpaired) electrons. The Balaban J connectivity index is 1.80. The monoisotopic (exact) mass is 325 g/mol. The molecule has 3 rings (SSSR count). The normalized spacial score (nSPS) is 33.3. The molecule has 2 aliphatic carbocycles. The minimum Gasteiger partial charge on any atom is -0.376 e. The number of hydrogen-bond donors (Lipinski definition) is 0. The first kappa shape index (κ1) is 18.0. The van der Waals surface area contributed by atoms with E-state index in [1.807, 2.05) is 0 Å². The van der Waals surface area contributed by atoms with Crippen molar-refractivity contribution in [2.45, 2.75) is 89.0 Å². The second-order valence-corrected chi connectivity index (χ2v) is 9.62. The summed E-state index contributed by atoms with van der Waals surface area (Å²) < 4.78 is 8.05. The quantitative estimate of drug-likeness (QED) is 0.785. The summed E-state index contributed by atoms with van der Waals surface area (Å²) in [5, 5.41) is 8.12. The van der Waals surface area contributed by atoms with E-state index >= 15 is 0 Å². The molecule has 1 aromatic heterocycles. The molecule has 2 unspecified atom stereocenters. The van der Waals surface area contributed by atoms with E-state index in [0.29, 0.717) is 6.61 Å². The molecule has 1 aromatic rings. The van der Waals surface area contributed by atoms with Crippen molar-refractivity contribution in [3.8, 4) is 0 Å². The summed E-state index contributed by atoms with van der Waals surface area (Å²) in [4.78, 5) is 0. The lowest BCUT2D eigenvalue weighted by atomic mass is 9.62. The second-order valence-electron chi connectivity index (χ2n) is 9.62. The summed E-state index contributed by atoms with van der Waals surface area (Å²) in [7, 11) is 13.5. The van der Waals surface area contributed by atoms with Crippen LogP contribution in [0.1, 0.15) is 65.8 Å². The van der Waals surface area contributed by atoms with Crippen LogP contribution in [-0.2, 0) is 23.1 Å². The van der Waals surface area contributed by atoms with Gasteiger partial charge in [0.15, 0.2) is 0 Å². The highest BCUT2D eigenvalue weighted by Crippen LogP contribution is 2.81. The lowest BCUT2D eigenvalue weighted by Gasteiger charge is -2.26. The van der Waals surface area contributed by atoms with Crippen LogP contribution >= 0.6 is 0 Å². The smallest absolute Gasteiger partial charge is 0.0859 e. The third kappa shape index (κ3) is 2.85. The number of hydrogen-bond acceptors (Lipinski definition) is 3. The largest absolute Gasteiger partial charge is 0.376 e. The van der Waals surface area contributed by atoms with Crippen molar-refractivity contribution >= 4 is 15.7 Å². The van der Waals surface area contributed by atoms with Gasteiger partial charge in [-0.05, 0) is 73.1 Å². The Kier molecular flexibility index (Phi) is 4.03. The molecule has 0 aliphatic heterocycles. The van der Waals surface area contributed by atoms with Gasteiger partial charge in [-0.2, -0.15) is 0 Å². The fourth-order valence-electron chi connectivity index (χ4n) is 4.16. The van der Waals surface area contributed by atoms with E-state index in [1.165, 1.54) is 5.69 Å². The van der Waals surface area contributed by atoms with Crippen LogP contribution in [0.3, 0.4) is 0 Å². The van der Waals surface area contributed by atoms with Crippen molar-refractivity contribution in [1.29, 1.82) is 0 Å². The van der Waals surface area contributed by atoms with Crippen LogP contribution in [0.4, 0.5) is 0 Å². The molecule has 0 amide bonds. The van der Waals surface area contributed by atoms with Crippen molar-refractivity contribution in [2.75, 3.05) is 6.61 Å². The summed E-state index contributed by atoms with van der Waals surface area (Å²) >= 11 is 0. The number of nitrogens with zero attached hydrogens (tertiary/aromatic N) is 3. The van der Waals surface area contributed by atoms with Gasteiger partial charge >= 0.3 is 0 Å². The average molecular weight is 325 g/mol. The van der Waals surface area contributed by atoms with Crippen LogP contribution in [0.25, 0.3) is 0 Å². The molecule has 2 aliphatic rings. The molecule has 1 fully saturated rings. The predicted octanol–water partition coefficient (Wildman–Crippen LogP) is 3.01. The van der Waals surface area contributed by atoms with Gasteiger partial charge in [-0.3, -0.25) is 0 Å². The van der Waals surface area contributed by atoms with E-state index in [2.05, 4.69) is 56.5 Å². The Morgan fingerprint density at radius 1 is 1.08 bits per heavy atom. The van der Waals surface area contributed by atoms with E-state index in [4.69, 9.17) is 20.4 Å². The molecule has 6 heteroatoms. The molecule has 0 saturated heterocycles. The first-order valence-corrected chi connectivity index (χ1v) is 9.04. The van der Waals surface area contributed by atoms with Gasteiger partial charge in [-0.15, -0.1) is 5.10 Å². The molecule has 24 heavy (non-hydrogen) atoms. The SMILES string of the molecule is [B]C12CCc3nnn(C(C)(C)C)c3CCC1([B])[C@H]2COC(C)(C)C. The Morgan fingerprint density at radius 2 is 1.67 bits per heavy atom. The Hall–Kier alpha value is -0.770. The summed E-state index contributed by atoms with van der Waals surface area (Å²) in [6.45, 7) is 13.3. The third-order valence-electron chi connectivity index (χ3n) is 5.74. The van der Waals surface area contributed by atoms with Crippen molar-refractivity contribution in [2.24, 2.45) is 5.92 Å².